The molecule has 2 atom stereocenters. The summed E-state index contributed by atoms with van der Waals surface area (Å²) >= 11 is 0. The van der Waals surface area contributed by atoms with E-state index in [-0.39, 0.29) is 17.3 Å². The summed E-state index contributed by atoms with van der Waals surface area (Å²) in [4.78, 5) is 46.0. The minimum absolute atomic E-state index is 0.191. The highest BCUT2D eigenvalue weighted by Gasteiger charge is 2.61. The molecule has 1 heterocycles. The van der Waals surface area contributed by atoms with Gasteiger partial charge in [0.05, 0.1) is 5.41 Å². The first-order valence-electron chi connectivity index (χ1n) is 5.21. The van der Waals surface area contributed by atoms with Gasteiger partial charge in [-0.1, -0.05) is 0 Å². The third-order valence-electron chi connectivity index (χ3n) is 3.82. The molecule has 0 aromatic heterocycles. The monoisotopic (exact) mass is 219 g/mol. The van der Waals surface area contributed by atoms with E-state index in [1.807, 2.05) is 0 Å². The minimum atomic E-state index is -0.988. The summed E-state index contributed by atoms with van der Waals surface area (Å²) in [7, 11) is 0. The fourth-order valence-electron chi connectivity index (χ4n) is 3.03. The molecule has 0 spiro atoms. The van der Waals surface area contributed by atoms with Crippen molar-refractivity contribution >= 4 is 23.4 Å². The quantitative estimate of drug-likeness (QED) is 0.476. The predicted molar refractivity (Wildman–Crippen MR) is 51.0 cm³/mol. The van der Waals surface area contributed by atoms with Crippen LogP contribution in [0.1, 0.15) is 19.3 Å². The van der Waals surface area contributed by atoms with E-state index in [4.69, 9.17) is 0 Å². The zero-order chi connectivity index (χ0) is 11.5. The number of rotatable bonds is 1. The van der Waals surface area contributed by atoms with Crippen molar-refractivity contribution < 1.29 is 19.2 Å². The van der Waals surface area contributed by atoms with Crippen molar-refractivity contribution in [1.82, 2.24) is 5.32 Å². The first-order valence-corrected chi connectivity index (χ1v) is 5.21. The molecule has 3 rings (SSSR count). The van der Waals surface area contributed by atoms with Gasteiger partial charge in [0.1, 0.15) is 0 Å². The molecule has 0 radical (unpaired) electrons. The molecule has 5 heteroatoms. The molecule has 1 aliphatic heterocycles. The molecule has 2 unspecified atom stereocenters. The number of Topliss-reactive ketones (excluding diaryl/α,β-unsaturated/α-hetero) is 2. The second-order valence-corrected chi connectivity index (χ2v) is 4.59. The Morgan fingerprint density at radius 2 is 2.00 bits per heavy atom. The lowest BCUT2D eigenvalue weighted by Crippen LogP contribution is -2.36. The highest BCUT2D eigenvalue weighted by molar-refractivity contribution is 6.44. The van der Waals surface area contributed by atoms with E-state index in [1.165, 1.54) is 6.08 Å². The highest BCUT2D eigenvalue weighted by atomic mass is 16.2. The van der Waals surface area contributed by atoms with Crippen LogP contribution in [0.25, 0.3) is 0 Å². The van der Waals surface area contributed by atoms with Gasteiger partial charge < -0.3 is 0 Å². The number of ketones is 2. The Bertz CT molecular complexity index is 490. The molecule has 1 N–H and O–H groups in total. The first-order chi connectivity index (χ1) is 7.54. The van der Waals surface area contributed by atoms with Gasteiger partial charge in [-0.3, -0.25) is 24.5 Å². The number of fused-ring (bicyclic) bond motifs is 2. The van der Waals surface area contributed by atoms with Crippen LogP contribution in [-0.4, -0.2) is 23.4 Å². The number of hydrogen-bond acceptors (Lipinski definition) is 4. The Kier molecular flexibility index (Phi) is 1.57. The maximum absolute atomic E-state index is 11.8. The van der Waals surface area contributed by atoms with Gasteiger partial charge in [0.15, 0.2) is 0 Å². The topological polar surface area (TPSA) is 80.3 Å². The van der Waals surface area contributed by atoms with Crippen LogP contribution in [0.4, 0.5) is 0 Å². The Balaban J connectivity index is 2.10. The molecular weight excluding hydrogens is 210 g/mol. The molecule has 0 saturated heterocycles. The van der Waals surface area contributed by atoms with Crippen LogP contribution in [-0.2, 0) is 19.2 Å². The molecule has 2 aliphatic carbocycles. The average Bonchev–Trinajstić information content (AvgIpc) is 2.85. The van der Waals surface area contributed by atoms with E-state index in [9.17, 15) is 19.2 Å². The zero-order valence-electron chi connectivity index (χ0n) is 8.41. The van der Waals surface area contributed by atoms with Crippen molar-refractivity contribution in [2.75, 3.05) is 0 Å². The van der Waals surface area contributed by atoms with Crippen LogP contribution in [0.2, 0.25) is 0 Å². The molecule has 2 amide bonds. The number of imide groups is 1. The van der Waals surface area contributed by atoms with Gasteiger partial charge in [0.2, 0.25) is 11.6 Å². The van der Waals surface area contributed by atoms with Crippen molar-refractivity contribution in [3.63, 3.8) is 0 Å². The Morgan fingerprint density at radius 3 is 2.50 bits per heavy atom. The molecule has 82 valence electrons. The first kappa shape index (κ1) is 9.45. The lowest BCUT2D eigenvalue weighted by molar-refractivity contribution is -0.141. The van der Waals surface area contributed by atoms with Gasteiger partial charge in [0.25, 0.3) is 11.8 Å². The summed E-state index contributed by atoms with van der Waals surface area (Å²) in [6.07, 6.45) is 2.72. The molecule has 16 heavy (non-hydrogen) atoms. The van der Waals surface area contributed by atoms with E-state index >= 15 is 0 Å². The van der Waals surface area contributed by atoms with Crippen LogP contribution >= 0.6 is 0 Å². The largest absolute Gasteiger partial charge is 0.291 e. The average molecular weight is 219 g/mol. The summed E-state index contributed by atoms with van der Waals surface area (Å²) in [6.45, 7) is 0. The van der Waals surface area contributed by atoms with Gasteiger partial charge in [-0.25, -0.2) is 0 Å². The van der Waals surface area contributed by atoms with Crippen LogP contribution in [0.3, 0.4) is 0 Å². The maximum Gasteiger partial charge on any atom is 0.255 e. The second kappa shape index (κ2) is 2.66. The molecule has 5 nitrogen and oxygen atoms in total. The Morgan fingerprint density at radius 1 is 1.25 bits per heavy atom. The summed E-state index contributed by atoms with van der Waals surface area (Å²) < 4.78 is 0. The van der Waals surface area contributed by atoms with Crippen LogP contribution in [0.15, 0.2) is 11.6 Å². The second-order valence-electron chi connectivity index (χ2n) is 4.59. The van der Waals surface area contributed by atoms with Gasteiger partial charge in [0, 0.05) is 17.6 Å². The van der Waals surface area contributed by atoms with Gasteiger partial charge >= 0.3 is 0 Å². The third-order valence-corrected chi connectivity index (χ3v) is 3.82. The van der Waals surface area contributed by atoms with Crippen molar-refractivity contribution in [1.29, 1.82) is 0 Å². The van der Waals surface area contributed by atoms with Crippen molar-refractivity contribution in [2.24, 2.45) is 11.3 Å². The molecule has 2 saturated carbocycles. The fourth-order valence-corrected chi connectivity index (χ4v) is 3.03. The standard InChI is InChI=1S/C11H9NO4/c13-7-3-6(10(16)12-7)11-2-1-5(4-11)8(14)9(11)15/h3,5H,1-2,4H2,(H,12,13,16). The molecular formula is C11H9NO4. The van der Waals surface area contributed by atoms with Crippen LogP contribution in [0.5, 0.6) is 0 Å². The smallest absolute Gasteiger partial charge is 0.255 e. The van der Waals surface area contributed by atoms with Crippen molar-refractivity contribution in [3.05, 3.63) is 11.6 Å². The maximum atomic E-state index is 11.8. The van der Waals surface area contributed by atoms with Gasteiger partial charge in [-0.15, -0.1) is 0 Å². The van der Waals surface area contributed by atoms with Crippen LogP contribution in [0, 0.1) is 11.3 Å². The van der Waals surface area contributed by atoms with E-state index in [2.05, 4.69) is 5.32 Å². The van der Waals surface area contributed by atoms with Crippen LogP contribution < -0.4 is 5.32 Å². The van der Waals surface area contributed by atoms with Crippen molar-refractivity contribution in [2.45, 2.75) is 19.3 Å². The number of nitrogens with one attached hydrogen (secondary N) is 1. The highest BCUT2D eigenvalue weighted by Crippen LogP contribution is 2.54. The predicted octanol–water partition coefficient (Wildman–Crippen LogP) is -0.493. The van der Waals surface area contributed by atoms with E-state index < -0.39 is 23.0 Å². The SMILES string of the molecule is O=C1C=C(C23CCC(C2)C(=O)C3=O)C(=O)N1. The Hall–Kier alpha value is -1.78. The molecule has 0 aromatic rings. The van der Waals surface area contributed by atoms with Gasteiger partial charge in [-0.05, 0) is 19.3 Å². The lowest BCUT2D eigenvalue weighted by Gasteiger charge is -2.23. The van der Waals surface area contributed by atoms with Crippen molar-refractivity contribution in [3.8, 4) is 0 Å². The molecule has 2 fully saturated rings. The van der Waals surface area contributed by atoms with Gasteiger partial charge in [-0.2, -0.15) is 0 Å². The number of hydrogen-bond donors (Lipinski definition) is 1. The fraction of sp³-hybridized carbons (Fsp3) is 0.455. The molecule has 0 aromatic carbocycles. The molecule has 2 bridgehead atoms. The molecule has 3 aliphatic rings. The zero-order valence-corrected chi connectivity index (χ0v) is 8.41. The number of carbonyl (C=O) groups is 4. The van der Waals surface area contributed by atoms with E-state index in [0.29, 0.717) is 19.3 Å². The number of amides is 2. The summed E-state index contributed by atoms with van der Waals surface area (Å²) in [5, 5.41) is 2.12. The Labute approximate surface area is 90.9 Å². The van der Waals surface area contributed by atoms with E-state index in [1.54, 1.807) is 0 Å². The summed E-state index contributed by atoms with van der Waals surface area (Å²) in [5.41, 5.74) is -0.797. The van der Waals surface area contributed by atoms with E-state index in [0.717, 1.165) is 0 Å². The summed E-state index contributed by atoms with van der Waals surface area (Å²) in [5.74, 6) is -2.12. The minimum Gasteiger partial charge on any atom is -0.291 e. The summed E-state index contributed by atoms with van der Waals surface area (Å²) in [6, 6.07) is 0. The lowest BCUT2D eigenvalue weighted by atomic mass is 9.76. The normalized spacial score (nSPS) is 37.0. The number of carbonyl (C=O) groups excluding carboxylic acids is 4. The third kappa shape index (κ3) is 0.905.